The van der Waals surface area contributed by atoms with E-state index < -0.39 is 0 Å². The van der Waals surface area contributed by atoms with Gasteiger partial charge in [-0.2, -0.15) is 0 Å². The highest BCUT2D eigenvalue weighted by molar-refractivity contribution is 14.1. The number of guanidine groups is 1. The minimum absolute atomic E-state index is 0. The second-order valence-electron chi connectivity index (χ2n) is 4.28. The lowest BCUT2D eigenvalue weighted by Crippen LogP contribution is -2.39. The van der Waals surface area contributed by atoms with Gasteiger partial charge in [-0.05, 0) is 59.9 Å². The number of hydrogen-bond acceptors (Lipinski definition) is 2. The summed E-state index contributed by atoms with van der Waals surface area (Å²) in [4.78, 5) is 5.65. The number of thiophene rings is 1. The summed E-state index contributed by atoms with van der Waals surface area (Å²) in [7, 11) is 1.83. The summed E-state index contributed by atoms with van der Waals surface area (Å²) in [6, 6.07) is 4.37. The summed E-state index contributed by atoms with van der Waals surface area (Å²) in [5, 5.41) is 6.72. The molecule has 0 saturated heterocycles. The minimum atomic E-state index is 0. The Morgan fingerprint density at radius 3 is 2.78 bits per heavy atom. The zero-order chi connectivity index (χ0) is 12.1. The van der Waals surface area contributed by atoms with Gasteiger partial charge in [0, 0.05) is 25.0 Å². The van der Waals surface area contributed by atoms with Gasteiger partial charge in [0.1, 0.15) is 0 Å². The average molecular weight is 491 g/mol. The Labute approximate surface area is 143 Å². The largest absolute Gasteiger partial charge is 0.356 e. The summed E-state index contributed by atoms with van der Waals surface area (Å²) in [5.74, 6) is 1.82. The van der Waals surface area contributed by atoms with Gasteiger partial charge in [0.05, 0.1) is 2.88 Å². The van der Waals surface area contributed by atoms with Crippen LogP contribution in [0.15, 0.2) is 17.1 Å². The molecule has 1 aliphatic carbocycles. The molecular formula is C12H19I2N3S. The second-order valence-corrected chi connectivity index (χ2v) is 7.34. The second kappa shape index (κ2) is 8.57. The summed E-state index contributed by atoms with van der Waals surface area (Å²) in [6.45, 7) is 2.01. The third-order valence-electron chi connectivity index (χ3n) is 2.77. The van der Waals surface area contributed by atoms with Gasteiger partial charge in [-0.1, -0.05) is 0 Å². The molecule has 3 nitrogen and oxygen atoms in total. The van der Waals surface area contributed by atoms with Crippen molar-refractivity contribution >= 4 is 63.9 Å². The van der Waals surface area contributed by atoms with E-state index in [1.54, 1.807) is 0 Å². The van der Waals surface area contributed by atoms with Crippen LogP contribution < -0.4 is 10.6 Å². The van der Waals surface area contributed by atoms with Crippen LogP contribution in [0.1, 0.15) is 17.7 Å². The van der Waals surface area contributed by atoms with Crippen molar-refractivity contribution in [3.63, 3.8) is 0 Å². The lowest BCUT2D eigenvalue weighted by Gasteiger charge is -2.10. The molecule has 1 aliphatic rings. The molecule has 102 valence electrons. The Morgan fingerprint density at radius 2 is 2.22 bits per heavy atom. The molecule has 1 saturated carbocycles. The lowest BCUT2D eigenvalue weighted by molar-refractivity contribution is 0.736. The van der Waals surface area contributed by atoms with Crippen LogP contribution in [0.2, 0.25) is 0 Å². The van der Waals surface area contributed by atoms with Gasteiger partial charge in [0.2, 0.25) is 0 Å². The van der Waals surface area contributed by atoms with E-state index in [0.29, 0.717) is 0 Å². The molecule has 1 fully saturated rings. The van der Waals surface area contributed by atoms with Crippen LogP contribution in [0.25, 0.3) is 0 Å². The molecule has 0 amide bonds. The topological polar surface area (TPSA) is 36.4 Å². The van der Waals surface area contributed by atoms with E-state index in [1.165, 1.54) is 20.6 Å². The van der Waals surface area contributed by atoms with Crippen LogP contribution in [0.5, 0.6) is 0 Å². The Kier molecular flexibility index (Phi) is 7.85. The molecule has 6 heteroatoms. The number of aliphatic imine (C=N–C) groups is 1. The third-order valence-corrected chi connectivity index (χ3v) is 4.73. The van der Waals surface area contributed by atoms with E-state index in [-0.39, 0.29) is 24.0 Å². The van der Waals surface area contributed by atoms with Crippen LogP contribution in [-0.4, -0.2) is 26.1 Å². The normalized spacial score (nSPS) is 15.1. The molecular weight excluding hydrogens is 472 g/mol. The van der Waals surface area contributed by atoms with Crippen LogP contribution >= 0.6 is 57.9 Å². The predicted molar refractivity (Wildman–Crippen MR) is 98.2 cm³/mol. The third kappa shape index (κ3) is 6.05. The first kappa shape index (κ1) is 16.5. The lowest BCUT2D eigenvalue weighted by atomic mass is 10.3. The monoisotopic (exact) mass is 491 g/mol. The fraction of sp³-hybridized carbons (Fsp3) is 0.583. The molecule has 2 rings (SSSR count). The molecule has 1 aromatic heterocycles. The molecule has 0 bridgehead atoms. The van der Waals surface area contributed by atoms with Crippen molar-refractivity contribution in [2.45, 2.75) is 19.3 Å². The van der Waals surface area contributed by atoms with Crippen molar-refractivity contribution in [1.29, 1.82) is 0 Å². The number of nitrogens with one attached hydrogen (secondary N) is 2. The molecule has 0 radical (unpaired) electrons. The first-order valence-corrected chi connectivity index (χ1v) is 7.86. The van der Waals surface area contributed by atoms with Gasteiger partial charge in [-0.15, -0.1) is 35.3 Å². The zero-order valence-electron chi connectivity index (χ0n) is 10.4. The van der Waals surface area contributed by atoms with Crippen LogP contribution in [0.3, 0.4) is 0 Å². The maximum Gasteiger partial charge on any atom is 0.190 e. The molecule has 2 N–H and O–H groups in total. The van der Waals surface area contributed by atoms with Crippen LogP contribution in [0.4, 0.5) is 0 Å². The molecule has 0 unspecified atom stereocenters. The fourth-order valence-corrected chi connectivity index (χ4v) is 3.33. The van der Waals surface area contributed by atoms with Crippen molar-refractivity contribution in [1.82, 2.24) is 10.6 Å². The molecule has 0 aliphatic heterocycles. The van der Waals surface area contributed by atoms with E-state index in [2.05, 4.69) is 50.3 Å². The molecule has 0 atom stereocenters. The average Bonchev–Trinajstić information content (AvgIpc) is 3.06. The Bertz CT molecular complexity index is 388. The van der Waals surface area contributed by atoms with Gasteiger partial charge >= 0.3 is 0 Å². The SMILES string of the molecule is CN=C(NCCc1ccc(I)s1)NCC1CC1.I. The molecule has 0 spiro atoms. The maximum absolute atomic E-state index is 4.22. The standard InChI is InChI=1S/C12H18IN3S.HI/c1-14-12(16-8-9-2-3-9)15-7-6-10-4-5-11(13)17-10;/h4-5,9H,2-3,6-8H2,1H3,(H2,14,15,16);1H. The number of rotatable bonds is 5. The van der Waals surface area contributed by atoms with Gasteiger partial charge < -0.3 is 10.6 Å². The number of nitrogens with zero attached hydrogens (tertiary/aromatic N) is 1. The van der Waals surface area contributed by atoms with Gasteiger partial charge in [0.15, 0.2) is 5.96 Å². The van der Waals surface area contributed by atoms with Crippen molar-refractivity contribution < 1.29 is 0 Å². The summed E-state index contributed by atoms with van der Waals surface area (Å²) < 4.78 is 1.36. The number of hydrogen-bond donors (Lipinski definition) is 2. The molecule has 0 aromatic carbocycles. The maximum atomic E-state index is 4.22. The predicted octanol–water partition coefficient (Wildman–Crippen LogP) is 3.09. The number of halogens is 2. The van der Waals surface area contributed by atoms with Crippen LogP contribution in [0, 0.1) is 8.80 Å². The van der Waals surface area contributed by atoms with E-state index in [1.807, 2.05) is 18.4 Å². The van der Waals surface area contributed by atoms with Gasteiger partial charge in [-0.3, -0.25) is 4.99 Å². The smallest absolute Gasteiger partial charge is 0.190 e. The van der Waals surface area contributed by atoms with Crippen molar-refractivity contribution in [3.8, 4) is 0 Å². The van der Waals surface area contributed by atoms with Crippen molar-refractivity contribution in [2.75, 3.05) is 20.1 Å². The summed E-state index contributed by atoms with van der Waals surface area (Å²) in [5.41, 5.74) is 0. The molecule has 18 heavy (non-hydrogen) atoms. The van der Waals surface area contributed by atoms with Crippen molar-refractivity contribution in [2.24, 2.45) is 10.9 Å². The highest BCUT2D eigenvalue weighted by Crippen LogP contribution is 2.27. The van der Waals surface area contributed by atoms with Gasteiger partial charge in [-0.25, -0.2) is 0 Å². The van der Waals surface area contributed by atoms with Crippen molar-refractivity contribution in [3.05, 3.63) is 19.9 Å². The van der Waals surface area contributed by atoms with E-state index in [0.717, 1.165) is 31.4 Å². The Morgan fingerprint density at radius 1 is 1.44 bits per heavy atom. The zero-order valence-corrected chi connectivity index (χ0v) is 15.7. The van der Waals surface area contributed by atoms with E-state index in [4.69, 9.17) is 0 Å². The highest BCUT2D eigenvalue weighted by atomic mass is 127. The first-order chi connectivity index (χ1) is 8.28. The first-order valence-electron chi connectivity index (χ1n) is 5.96. The van der Waals surface area contributed by atoms with E-state index >= 15 is 0 Å². The molecule has 1 aromatic rings. The Balaban J connectivity index is 0.00000162. The molecule has 1 heterocycles. The summed E-state index contributed by atoms with van der Waals surface area (Å²) in [6.07, 6.45) is 3.81. The highest BCUT2D eigenvalue weighted by Gasteiger charge is 2.20. The van der Waals surface area contributed by atoms with Crippen LogP contribution in [-0.2, 0) is 6.42 Å². The summed E-state index contributed by atoms with van der Waals surface area (Å²) >= 11 is 4.22. The fourth-order valence-electron chi connectivity index (χ4n) is 1.57. The quantitative estimate of drug-likeness (QED) is 0.378. The van der Waals surface area contributed by atoms with Gasteiger partial charge in [0.25, 0.3) is 0 Å². The van der Waals surface area contributed by atoms with E-state index in [9.17, 15) is 0 Å². The Hall–Kier alpha value is 0.430. The minimum Gasteiger partial charge on any atom is -0.356 e.